The Labute approximate surface area is 332 Å². The van der Waals surface area contributed by atoms with Gasteiger partial charge in [0.1, 0.15) is 0 Å². The fourth-order valence-corrected chi connectivity index (χ4v) is 6.96. The van der Waals surface area contributed by atoms with Crippen molar-refractivity contribution in [2.45, 2.75) is 111 Å². The first-order valence-electron chi connectivity index (χ1n) is 17.6. The Hall–Kier alpha value is -2.44. The number of halogens is 2. The van der Waals surface area contributed by atoms with Gasteiger partial charge in [0.05, 0.1) is 0 Å². The molecule has 0 nitrogen and oxygen atoms in total. The van der Waals surface area contributed by atoms with Crippen molar-refractivity contribution in [2.24, 2.45) is 0 Å². The molecule has 0 unspecified atom stereocenters. The average molecular weight is 783 g/mol. The fraction of sp³-hybridized carbons (Fsp3) is 0.362. The summed E-state index contributed by atoms with van der Waals surface area (Å²) in [5, 5.41) is 0. The molecule has 0 fully saturated rings. The van der Waals surface area contributed by atoms with E-state index in [0.717, 1.165) is 25.7 Å². The summed E-state index contributed by atoms with van der Waals surface area (Å²) in [6.07, 6.45) is 4.41. The second-order valence-electron chi connectivity index (χ2n) is 16.4. The van der Waals surface area contributed by atoms with Crippen LogP contribution in [0.5, 0.6) is 0 Å². The molecule has 0 bridgehead atoms. The van der Waals surface area contributed by atoms with E-state index in [1.54, 1.807) is 27.4 Å². The zero-order valence-electron chi connectivity index (χ0n) is 32.0. The van der Waals surface area contributed by atoms with Gasteiger partial charge in [0.15, 0.2) is 0 Å². The van der Waals surface area contributed by atoms with E-state index >= 15 is 0 Å². The summed E-state index contributed by atoms with van der Waals surface area (Å²) < 4.78 is 1.60. The molecule has 0 aliphatic heterocycles. The summed E-state index contributed by atoms with van der Waals surface area (Å²) >= 11 is 1.55. The van der Waals surface area contributed by atoms with Gasteiger partial charge < -0.3 is 24.8 Å². The van der Waals surface area contributed by atoms with E-state index in [4.69, 9.17) is 0 Å². The molecule has 0 N–H and O–H groups in total. The molecule has 50 heavy (non-hydrogen) atoms. The quantitative estimate of drug-likeness (QED) is 0.185. The number of fused-ring (bicyclic) bond motifs is 3. The molecule has 264 valence electrons. The summed E-state index contributed by atoms with van der Waals surface area (Å²) in [5.74, 6) is 0. The Morgan fingerprint density at radius 2 is 1.16 bits per heavy atom. The normalized spacial score (nSPS) is 11.8. The van der Waals surface area contributed by atoms with Crippen LogP contribution in [0.1, 0.15) is 114 Å². The van der Waals surface area contributed by atoms with Crippen molar-refractivity contribution in [3.63, 3.8) is 0 Å². The van der Waals surface area contributed by atoms with E-state index in [2.05, 4.69) is 184 Å². The predicted molar refractivity (Wildman–Crippen MR) is 206 cm³/mol. The first-order valence-corrected chi connectivity index (χ1v) is 18.9. The number of rotatable bonds is 5. The van der Waals surface area contributed by atoms with Crippen molar-refractivity contribution in [1.29, 1.82) is 0 Å². The maximum atomic E-state index is 3.67. The SMILES string of the molecule is CC(C)(C)c1[c-]c2c(cc1)-c1ccc(C(C)(C)C)cc1C2.CCc1cc(C(C)(C)C)c[cH-]1.[Cl-].[Cl-].[Zr+2]=[C](Cc1ccccc1)Cc1ccccc1. The van der Waals surface area contributed by atoms with Crippen molar-refractivity contribution in [3.8, 4) is 11.1 Å². The van der Waals surface area contributed by atoms with Gasteiger partial charge in [-0.3, -0.25) is 0 Å². The van der Waals surface area contributed by atoms with Gasteiger partial charge in [-0.05, 0) is 28.4 Å². The third-order valence-corrected chi connectivity index (χ3v) is 9.95. The van der Waals surface area contributed by atoms with Crippen LogP contribution in [-0.4, -0.2) is 3.21 Å². The third kappa shape index (κ3) is 12.7. The molecular weight excluding hydrogens is 727 g/mol. The van der Waals surface area contributed by atoms with Gasteiger partial charge in [0.25, 0.3) is 0 Å². The Kier molecular flexibility index (Phi) is 16.5. The molecule has 1 aliphatic rings. The Bertz CT molecular complexity index is 1670. The molecule has 1 aliphatic carbocycles. The molecular formula is C47H56Cl2Zr-2. The zero-order valence-corrected chi connectivity index (χ0v) is 35.9. The van der Waals surface area contributed by atoms with Crippen LogP contribution in [0.25, 0.3) is 11.1 Å². The first-order chi connectivity index (χ1) is 22.5. The van der Waals surface area contributed by atoms with Crippen molar-refractivity contribution >= 4 is 3.21 Å². The third-order valence-electron chi connectivity index (χ3n) is 9.08. The van der Waals surface area contributed by atoms with Gasteiger partial charge in [0.2, 0.25) is 0 Å². The molecule has 0 heterocycles. The first kappa shape index (κ1) is 43.7. The van der Waals surface area contributed by atoms with Gasteiger partial charge in [-0.1, -0.05) is 105 Å². The summed E-state index contributed by atoms with van der Waals surface area (Å²) in [4.78, 5) is 0. The van der Waals surface area contributed by atoms with E-state index in [0.29, 0.717) is 5.41 Å². The average Bonchev–Trinajstić information content (AvgIpc) is 3.66. The number of hydrogen-bond acceptors (Lipinski definition) is 0. The fourth-order valence-electron chi connectivity index (χ4n) is 5.95. The van der Waals surface area contributed by atoms with Gasteiger partial charge in [-0.25, -0.2) is 6.07 Å². The zero-order chi connectivity index (χ0) is 35.1. The van der Waals surface area contributed by atoms with Gasteiger partial charge in [0, 0.05) is 0 Å². The summed E-state index contributed by atoms with van der Waals surface area (Å²) in [6.45, 7) is 22.6. The van der Waals surface area contributed by atoms with Gasteiger partial charge >= 0.3 is 112 Å². The molecule has 6 rings (SSSR count). The molecule has 3 heteroatoms. The minimum atomic E-state index is 0. The van der Waals surface area contributed by atoms with Crippen molar-refractivity contribution in [3.05, 3.63) is 160 Å². The molecule has 0 saturated carbocycles. The molecule has 0 amide bonds. The maximum absolute atomic E-state index is 3.67. The predicted octanol–water partition coefficient (Wildman–Crippen LogP) is 6.12. The standard InChI is InChI=1S/C21H25.C15H14.C11H17.2ClH.Zr/c1-20(2,3)16-7-9-18-14(12-16)11-15-13-17(21(4,5)6)8-10-19(15)18;1-3-8-14(9-4-1)12-7-13-15-10-5-2-6-11-15;1-5-9-6-7-10(8-9)11(2,3)4;;;/h7-10,12H,11H2,1-6H3;1-6,8-11H,12-13H2;6-8H,5H2,1-4H3;2*1H;/q-1;;-1;;;+2/p-2. The van der Waals surface area contributed by atoms with Crippen LogP contribution in [-0.2, 0) is 66.2 Å². The number of aryl methyl sites for hydroxylation is 1. The Morgan fingerprint density at radius 1 is 0.640 bits per heavy atom. The second-order valence-corrected chi connectivity index (χ2v) is 18.1. The van der Waals surface area contributed by atoms with Crippen LogP contribution >= 0.6 is 0 Å². The molecule has 5 aromatic rings. The molecule has 0 spiro atoms. The Balaban J connectivity index is 0.000000268. The van der Waals surface area contributed by atoms with E-state index in [9.17, 15) is 0 Å². The van der Waals surface area contributed by atoms with Crippen molar-refractivity contribution in [2.75, 3.05) is 0 Å². The Morgan fingerprint density at radius 3 is 1.60 bits per heavy atom. The molecule has 0 atom stereocenters. The van der Waals surface area contributed by atoms with Gasteiger partial charge in [-0.2, -0.15) is 47.0 Å². The molecule has 0 saturated heterocycles. The molecule has 5 aromatic carbocycles. The molecule has 0 aromatic heterocycles. The monoisotopic (exact) mass is 780 g/mol. The second kappa shape index (κ2) is 18.9. The van der Waals surface area contributed by atoms with Crippen LogP contribution in [0.4, 0.5) is 0 Å². The van der Waals surface area contributed by atoms with Crippen molar-refractivity contribution in [1.82, 2.24) is 0 Å². The summed E-state index contributed by atoms with van der Waals surface area (Å²) in [7, 11) is 0. The van der Waals surface area contributed by atoms with E-state index in [1.807, 2.05) is 0 Å². The van der Waals surface area contributed by atoms with Crippen LogP contribution in [0.2, 0.25) is 0 Å². The van der Waals surface area contributed by atoms with Crippen LogP contribution < -0.4 is 24.8 Å². The van der Waals surface area contributed by atoms with Crippen molar-refractivity contribution < 1.29 is 49.0 Å². The number of hydrogen-bond donors (Lipinski definition) is 0. The van der Waals surface area contributed by atoms with Crippen LogP contribution in [0.3, 0.4) is 0 Å². The number of benzene rings is 4. The minimum absolute atomic E-state index is 0. The van der Waals surface area contributed by atoms with E-state index in [-0.39, 0.29) is 35.6 Å². The van der Waals surface area contributed by atoms with Crippen LogP contribution in [0.15, 0.2) is 109 Å². The van der Waals surface area contributed by atoms with Gasteiger partial charge in [-0.15, -0.1) is 11.1 Å². The van der Waals surface area contributed by atoms with E-state index < -0.39 is 0 Å². The summed E-state index contributed by atoms with van der Waals surface area (Å²) in [5.41, 5.74) is 14.8. The summed E-state index contributed by atoms with van der Waals surface area (Å²) in [6, 6.07) is 43.3. The molecule has 0 radical (unpaired) electrons. The van der Waals surface area contributed by atoms with Crippen LogP contribution in [0, 0.1) is 6.07 Å². The van der Waals surface area contributed by atoms with E-state index in [1.165, 1.54) is 55.6 Å². The topological polar surface area (TPSA) is 0 Å².